The van der Waals surface area contributed by atoms with Crippen molar-refractivity contribution < 1.29 is 9.53 Å². The van der Waals surface area contributed by atoms with Crippen molar-refractivity contribution >= 4 is 18.3 Å². The third-order valence-corrected chi connectivity index (χ3v) is 3.81. The van der Waals surface area contributed by atoms with Crippen molar-refractivity contribution in [2.75, 3.05) is 13.7 Å². The van der Waals surface area contributed by atoms with Crippen LogP contribution in [0.2, 0.25) is 0 Å². The van der Waals surface area contributed by atoms with Gasteiger partial charge in [0.2, 0.25) is 5.91 Å². The SMILES string of the molecule is CCC(CC)(CN)C(=O)NCc1cccc(OC)c1.Cl. The minimum Gasteiger partial charge on any atom is -0.497 e. The highest BCUT2D eigenvalue weighted by Crippen LogP contribution is 2.25. The van der Waals surface area contributed by atoms with Gasteiger partial charge >= 0.3 is 0 Å². The molecule has 20 heavy (non-hydrogen) atoms. The third kappa shape index (κ3) is 4.39. The minimum atomic E-state index is -0.446. The van der Waals surface area contributed by atoms with Crippen LogP contribution >= 0.6 is 12.4 Å². The Bertz CT molecular complexity index is 412. The predicted octanol–water partition coefficient (Wildman–Crippen LogP) is 2.50. The van der Waals surface area contributed by atoms with E-state index in [4.69, 9.17) is 10.5 Å². The van der Waals surface area contributed by atoms with E-state index in [1.807, 2.05) is 38.1 Å². The molecule has 3 N–H and O–H groups in total. The second-order valence-corrected chi connectivity index (χ2v) is 4.73. The Balaban J connectivity index is 0.00000361. The summed E-state index contributed by atoms with van der Waals surface area (Å²) in [5.74, 6) is 0.825. The molecule has 4 nitrogen and oxygen atoms in total. The molecule has 1 rings (SSSR count). The summed E-state index contributed by atoms with van der Waals surface area (Å²) in [6.45, 7) is 4.88. The van der Waals surface area contributed by atoms with Crippen molar-refractivity contribution in [3.8, 4) is 5.75 Å². The average Bonchev–Trinajstić information content (AvgIpc) is 2.47. The van der Waals surface area contributed by atoms with Crippen LogP contribution in [0.1, 0.15) is 32.3 Å². The standard InChI is InChI=1S/C15H24N2O2.ClH/c1-4-15(5-2,11-16)14(18)17-10-12-7-6-8-13(9-12)19-3;/h6-9H,4-5,10-11,16H2,1-3H3,(H,17,18);1H. The molecule has 0 saturated carbocycles. The lowest BCUT2D eigenvalue weighted by Gasteiger charge is -2.28. The molecule has 0 bridgehead atoms. The van der Waals surface area contributed by atoms with Gasteiger partial charge in [-0.15, -0.1) is 12.4 Å². The predicted molar refractivity (Wildman–Crippen MR) is 84.2 cm³/mol. The summed E-state index contributed by atoms with van der Waals surface area (Å²) >= 11 is 0. The summed E-state index contributed by atoms with van der Waals surface area (Å²) in [7, 11) is 1.63. The highest BCUT2D eigenvalue weighted by molar-refractivity contribution is 5.85. The van der Waals surface area contributed by atoms with Crippen LogP contribution in [0.15, 0.2) is 24.3 Å². The number of ether oxygens (including phenoxy) is 1. The number of rotatable bonds is 7. The van der Waals surface area contributed by atoms with E-state index in [1.54, 1.807) is 7.11 Å². The Labute approximate surface area is 127 Å². The molecule has 0 aromatic heterocycles. The number of hydrogen-bond acceptors (Lipinski definition) is 3. The van der Waals surface area contributed by atoms with Crippen LogP contribution in [0.3, 0.4) is 0 Å². The van der Waals surface area contributed by atoms with Gasteiger partial charge in [-0.2, -0.15) is 0 Å². The van der Waals surface area contributed by atoms with Gasteiger partial charge in [0.1, 0.15) is 5.75 Å². The van der Waals surface area contributed by atoms with Crippen LogP contribution in [0, 0.1) is 5.41 Å². The van der Waals surface area contributed by atoms with E-state index in [0.717, 1.165) is 24.2 Å². The lowest BCUT2D eigenvalue weighted by atomic mass is 9.81. The van der Waals surface area contributed by atoms with E-state index in [0.29, 0.717) is 13.1 Å². The number of halogens is 1. The summed E-state index contributed by atoms with van der Waals surface area (Å²) in [6, 6.07) is 7.68. The molecule has 1 aromatic rings. The first-order valence-corrected chi connectivity index (χ1v) is 6.73. The van der Waals surface area contributed by atoms with E-state index in [1.165, 1.54) is 0 Å². The van der Waals surface area contributed by atoms with Crippen molar-refractivity contribution in [1.82, 2.24) is 5.32 Å². The lowest BCUT2D eigenvalue weighted by Crippen LogP contribution is -2.45. The molecule has 0 atom stereocenters. The van der Waals surface area contributed by atoms with E-state index in [2.05, 4.69) is 5.32 Å². The average molecular weight is 301 g/mol. The Kier molecular flexibility index (Phi) is 8.26. The molecule has 114 valence electrons. The van der Waals surface area contributed by atoms with Gasteiger partial charge in [-0.05, 0) is 30.5 Å². The summed E-state index contributed by atoms with van der Waals surface area (Å²) in [5, 5.41) is 2.97. The highest BCUT2D eigenvalue weighted by atomic mass is 35.5. The molecule has 1 aromatic carbocycles. The first-order valence-electron chi connectivity index (χ1n) is 6.73. The lowest BCUT2D eigenvalue weighted by molar-refractivity contribution is -0.131. The number of benzene rings is 1. The molecule has 1 amide bonds. The monoisotopic (exact) mass is 300 g/mol. The minimum absolute atomic E-state index is 0. The molecule has 0 aliphatic rings. The molecule has 0 radical (unpaired) electrons. The van der Waals surface area contributed by atoms with Gasteiger partial charge in [0.15, 0.2) is 0 Å². The Hall–Kier alpha value is -1.26. The number of carbonyl (C=O) groups is 1. The molecule has 0 unspecified atom stereocenters. The summed E-state index contributed by atoms with van der Waals surface area (Å²) in [5.41, 5.74) is 6.34. The molecule has 0 spiro atoms. The largest absolute Gasteiger partial charge is 0.497 e. The second kappa shape index (κ2) is 8.82. The maximum atomic E-state index is 12.3. The molecule has 0 aliphatic heterocycles. The van der Waals surface area contributed by atoms with Gasteiger partial charge in [0, 0.05) is 13.1 Å². The van der Waals surface area contributed by atoms with Gasteiger partial charge < -0.3 is 15.8 Å². The third-order valence-electron chi connectivity index (χ3n) is 3.81. The number of hydrogen-bond donors (Lipinski definition) is 2. The van der Waals surface area contributed by atoms with Gasteiger partial charge in [0.05, 0.1) is 12.5 Å². The maximum Gasteiger partial charge on any atom is 0.227 e. The number of amides is 1. The molecule has 5 heteroatoms. The van der Waals surface area contributed by atoms with Crippen LogP contribution in [0.4, 0.5) is 0 Å². The van der Waals surface area contributed by atoms with Crippen LogP contribution in [0.25, 0.3) is 0 Å². The zero-order valence-corrected chi connectivity index (χ0v) is 13.3. The zero-order valence-electron chi connectivity index (χ0n) is 12.4. The normalized spacial score (nSPS) is 10.6. The van der Waals surface area contributed by atoms with Crippen LogP contribution in [-0.4, -0.2) is 19.6 Å². The first kappa shape index (κ1) is 18.7. The van der Waals surface area contributed by atoms with Crippen molar-refractivity contribution in [2.45, 2.75) is 33.2 Å². The quantitative estimate of drug-likeness (QED) is 0.813. The maximum absolute atomic E-state index is 12.3. The number of nitrogens with one attached hydrogen (secondary N) is 1. The second-order valence-electron chi connectivity index (χ2n) is 4.73. The molecular formula is C15H25ClN2O2. The fraction of sp³-hybridized carbons (Fsp3) is 0.533. The number of carbonyl (C=O) groups excluding carboxylic acids is 1. The Morgan fingerprint density at radius 1 is 1.35 bits per heavy atom. The van der Waals surface area contributed by atoms with Crippen LogP contribution in [-0.2, 0) is 11.3 Å². The zero-order chi connectivity index (χ0) is 14.3. The van der Waals surface area contributed by atoms with Crippen LogP contribution in [0.5, 0.6) is 5.75 Å². The van der Waals surface area contributed by atoms with Crippen LogP contribution < -0.4 is 15.8 Å². The van der Waals surface area contributed by atoms with Gasteiger partial charge in [-0.3, -0.25) is 4.79 Å². The van der Waals surface area contributed by atoms with Gasteiger partial charge in [-0.1, -0.05) is 26.0 Å². The molecule has 0 saturated heterocycles. The van der Waals surface area contributed by atoms with E-state index < -0.39 is 5.41 Å². The van der Waals surface area contributed by atoms with E-state index in [9.17, 15) is 4.79 Å². The molecule has 0 aliphatic carbocycles. The summed E-state index contributed by atoms with van der Waals surface area (Å²) < 4.78 is 5.16. The first-order chi connectivity index (χ1) is 9.11. The molecule has 0 heterocycles. The fourth-order valence-corrected chi connectivity index (χ4v) is 2.10. The number of nitrogens with two attached hydrogens (primary N) is 1. The summed E-state index contributed by atoms with van der Waals surface area (Å²) in [6.07, 6.45) is 1.51. The van der Waals surface area contributed by atoms with Crippen molar-refractivity contribution in [3.63, 3.8) is 0 Å². The molecular weight excluding hydrogens is 276 g/mol. The Morgan fingerprint density at radius 2 is 2.00 bits per heavy atom. The number of methoxy groups -OCH3 is 1. The van der Waals surface area contributed by atoms with E-state index >= 15 is 0 Å². The van der Waals surface area contributed by atoms with Crippen molar-refractivity contribution in [3.05, 3.63) is 29.8 Å². The molecule has 0 fully saturated rings. The van der Waals surface area contributed by atoms with Gasteiger partial charge in [-0.25, -0.2) is 0 Å². The van der Waals surface area contributed by atoms with E-state index in [-0.39, 0.29) is 18.3 Å². The van der Waals surface area contributed by atoms with Crippen molar-refractivity contribution in [1.29, 1.82) is 0 Å². The Morgan fingerprint density at radius 3 is 2.50 bits per heavy atom. The topological polar surface area (TPSA) is 64.4 Å². The van der Waals surface area contributed by atoms with Crippen molar-refractivity contribution in [2.24, 2.45) is 11.1 Å². The highest BCUT2D eigenvalue weighted by Gasteiger charge is 2.32. The summed E-state index contributed by atoms with van der Waals surface area (Å²) in [4.78, 5) is 12.3. The fourth-order valence-electron chi connectivity index (χ4n) is 2.10. The smallest absolute Gasteiger partial charge is 0.227 e. The van der Waals surface area contributed by atoms with Gasteiger partial charge in [0.25, 0.3) is 0 Å².